The van der Waals surface area contributed by atoms with E-state index in [0.717, 1.165) is 34.0 Å². The number of benzene rings is 2. The number of aliphatic carboxylic acids is 1. The van der Waals surface area contributed by atoms with Crippen LogP contribution in [0.2, 0.25) is 10.3 Å². The molecular weight excluding hydrogens is 687 g/mol. The van der Waals surface area contributed by atoms with E-state index in [1.54, 1.807) is 26.4 Å². The van der Waals surface area contributed by atoms with Crippen LogP contribution in [-0.4, -0.2) is 46.8 Å². The zero-order chi connectivity index (χ0) is 29.3. The fraction of sp³-hybridized carbons (Fsp3) is 0.192. The lowest BCUT2D eigenvalue weighted by Crippen LogP contribution is -3.61. The van der Waals surface area contributed by atoms with E-state index < -0.39 is 33.4 Å². The number of carbonyl (C=O) groups excluding carboxylic acids is 1. The van der Waals surface area contributed by atoms with Gasteiger partial charge in [0.1, 0.15) is 17.5 Å². The highest BCUT2D eigenvalue weighted by Crippen LogP contribution is 2.22. The monoisotopic (exact) mass is 706 g/mol. The smallest absolute Gasteiger partial charge is 0.430 e. The molecule has 0 radical (unpaired) electrons. The Kier molecular flexibility index (Phi) is 11.3. The summed E-state index contributed by atoms with van der Waals surface area (Å²) < 4.78 is 45.2. The van der Waals surface area contributed by atoms with E-state index in [1.807, 2.05) is 24.3 Å². The molecule has 2 aromatic carbocycles. The lowest BCUT2D eigenvalue weighted by molar-refractivity contribution is -0.597. The molecule has 2 aromatic heterocycles. The summed E-state index contributed by atoms with van der Waals surface area (Å²) in [5, 5.41) is 25.8. The first kappa shape index (κ1) is 31.3. The fourth-order valence-electron chi connectivity index (χ4n) is 3.28. The first-order valence-corrected chi connectivity index (χ1v) is 14.1. The predicted molar refractivity (Wildman–Crippen MR) is 134 cm³/mol. The maximum Gasteiger partial charge on any atom is 0.430 e. The lowest BCUT2D eigenvalue weighted by Gasteiger charge is -2.08. The average molecular weight is 707 g/mol. The molecule has 4 rings (SSSR count). The summed E-state index contributed by atoms with van der Waals surface area (Å²) in [6.07, 6.45) is -3.96. The molecule has 40 heavy (non-hydrogen) atoms. The number of carboxylic acids is 1. The molecule has 0 spiro atoms. The molecule has 0 aliphatic carbocycles. The van der Waals surface area contributed by atoms with Gasteiger partial charge in [0.25, 0.3) is 0 Å². The molecular formula is C26H20Cl2F3IN4O4. The number of carboxylic acid groups (broad SMARTS) is 1. The molecule has 0 aliphatic rings. The second-order valence-electron chi connectivity index (χ2n) is 7.84. The number of aromatic nitrogens is 4. The Morgan fingerprint density at radius 2 is 1.18 bits per heavy atom. The van der Waals surface area contributed by atoms with Crippen LogP contribution in [0.15, 0.2) is 60.7 Å². The van der Waals surface area contributed by atoms with Crippen LogP contribution in [-0.2, 0) is 17.6 Å². The van der Waals surface area contributed by atoms with E-state index in [-0.39, 0.29) is 0 Å². The Hall–Kier alpha value is -3.23. The summed E-state index contributed by atoms with van der Waals surface area (Å²) in [4.78, 5) is 8.78. The van der Waals surface area contributed by atoms with Crippen molar-refractivity contribution >= 4 is 29.2 Å². The van der Waals surface area contributed by atoms with Crippen molar-refractivity contribution in [3.63, 3.8) is 0 Å². The van der Waals surface area contributed by atoms with E-state index in [4.69, 9.17) is 42.6 Å². The van der Waals surface area contributed by atoms with Crippen molar-refractivity contribution in [2.45, 2.75) is 19.0 Å². The van der Waals surface area contributed by atoms with Gasteiger partial charge in [-0.05, 0) is 60.7 Å². The number of hydrogen-bond acceptors (Lipinski definition) is 8. The van der Waals surface area contributed by atoms with Gasteiger partial charge in [0.15, 0.2) is 17.4 Å². The van der Waals surface area contributed by atoms with E-state index >= 15 is 0 Å². The third-order valence-corrected chi connectivity index (χ3v) is 8.04. The van der Waals surface area contributed by atoms with Crippen LogP contribution in [0.3, 0.4) is 0 Å². The Labute approximate surface area is 247 Å². The maximum absolute atomic E-state index is 10.5. The first-order valence-electron chi connectivity index (χ1n) is 11.2. The zero-order valence-corrected chi connectivity index (χ0v) is 24.5. The van der Waals surface area contributed by atoms with Crippen LogP contribution >= 0.6 is 23.2 Å². The van der Waals surface area contributed by atoms with E-state index in [2.05, 4.69) is 44.7 Å². The van der Waals surface area contributed by atoms with Gasteiger partial charge in [-0.1, -0.05) is 23.2 Å². The maximum atomic E-state index is 10.5. The minimum atomic E-state index is -5.19. The lowest BCUT2D eigenvalue weighted by atomic mass is 10.1. The third-order valence-electron chi connectivity index (χ3n) is 5.05. The van der Waals surface area contributed by atoms with Crippen LogP contribution in [0.4, 0.5) is 13.2 Å². The van der Waals surface area contributed by atoms with Crippen LogP contribution in [0.1, 0.15) is 22.5 Å². The van der Waals surface area contributed by atoms with Gasteiger partial charge in [0, 0.05) is 24.0 Å². The largest absolute Gasteiger partial charge is 0.542 e. The number of nitrogens with zero attached hydrogens (tertiary/aromatic N) is 4. The van der Waals surface area contributed by atoms with Crippen LogP contribution in [0.25, 0.3) is 0 Å². The molecule has 210 valence electrons. The Bertz CT molecular complexity index is 1350. The van der Waals surface area contributed by atoms with Crippen LogP contribution in [0.5, 0.6) is 11.5 Å². The van der Waals surface area contributed by atoms with Crippen molar-refractivity contribution in [2.75, 3.05) is 14.2 Å². The molecule has 14 heteroatoms. The highest BCUT2D eigenvalue weighted by Gasteiger charge is 2.28. The normalized spacial score (nSPS) is 10.9. The number of methoxy groups -OCH3 is 2. The van der Waals surface area contributed by atoms with E-state index in [1.165, 1.54) is 7.14 Å². The molecule has 0 atom stereocenters. The topological polar surface area (TPSA) is 110 Å². The molecule has 0 unspecified atom stereocenters. The number of carbonyl (C=O) groups is 1. The van der Waals surface area contributed by atoms with Crippen molar-refractivity contribution in [3.05, 3.63) is 101 Å². The molecule has 4 aromatic rings. The van der Waals surface area contributed by atoms with Gasteiger partial charge in [0.2, 0.25) is 0 Å². The SMILES string of the molecule is COc1ccc([I+]c2ccc(OC)c(Cc3ccc(Cl)nn3)c2)cc1Cc1ccc(Cl)nn1.O=C([O-])C(F)(F)F. The van der Waals surface area contributed by atoms with Gasteiger partial charge in [-0.2, -0.15) is 23.4 Å². The van der Waals surface area contributed by atoms with Crippen molar-refractivity contribution in [1.29, 1.82) is 0 Å². The molecule has 0 amide bonds. The summed E-state index contributed by atoms with van der Waals surface area (Å²) in [6.45, 7) is 0. The number of rotatable bonds is 8. The average Bonchev–Trinajstić information content (AvgIpc) is 2.91. The van der Waals surface area contributed by atoms with Gasteiger partial charge >= 0.3 is 27.4 Å². The second kappa shape index (κ2) is 14.4. The Morgan fingerprint density at radius 3 is 1.48 bits per heavy atom. The summed E-state index contributed by atoms with van der Waals surface area (Å²) in [7, 11) is 3.35. The van der Waals surface area contributed by atoms with Gasteiger partial charge < -0.3 is 19.4 Å². The summed E-state index contributed by atoms with van der Waals surface area (Å²) >= 11 is 11.3. The van der Waals surface area contributed by atoms with Crippen molar-refractivity contribution in [2.24, 2.45) is 0 Å². The quantitative estimate of drug-likeness (QED) is 0.252. The molecule has 0 aliphatic heterocycles. The van der Waals surface area contributed by atoms with E-state index in [9.17, 15) is 13.2 Å². The molecule has 2 heterocycles. The fourth-order valence-corrected chi connectivity index (χ4v) is 5.98. The molecule has 0 N–H and O–H groups in total. The van der Waals surface area contributed by atoms with Gasteiger partial charge in [-0.25, -0.2) is 0 Å². The predicted octanol–water partition coefficient (Wildman–Crippen LogP) is 1.20. The van der Waals surface area contributed by atoms with Crippen molar-refractivity contribution < 1.29 is 53.8 Å². The standard InChI is InChI=1S/C24H20Cl2IN4O2.C2HF3O2/c1-32-21-7-3-17(11-15(21)13-19-5-9-23(25)30-28-19)27-18-4-8-22(33-2)16(12-18)14-20-6-10-24(26)31-29-20;3-2(4,5)1(6)7/h3-12H,13-14H2,1-2H3;(H,6,7)/q+1;/p-1. The Balaban J connectivity index is 0.000000559. The van der Waals surface area contributed by atoms with Crippen LogP contribution < -0.4 is 35.8 Å². The number of ether oxygens (including phenoxy) is 2. The van der Waals surface area contributed by atoms with Crippen LogP contribution in [0, 0.1) is 7.14 Å². The van der Waals surface area contributed by atoms with Gasteiger partial charge in [0.05, 0.1) is 25.6 Å². The second-order valence-corrected chi connectivity index (χ2v) is 11.6. The molecule has 0 fully saturated rings. The summed E-state index contributed by atoms with van der Waals surface area (Å²) in [5.74, 6) is -1.35. The van der Waals surface area contributed by atoms with E-state index in [0.29, 0.717) is 23.1 Å². The summed E-state index contributed by atoms with van der Waals surface area (Å²) in [5.41, 5.74) is 3.81. The van der Waals surface area contributed by atoms with Crippen molar-refractivity contribution in [3.8, 4) is 11.5 Å². The summed E-state index contributed by atoms with van der Waals surface area (Å²) in [6, 6.07) is 19.9. The molecule has 0 saturated heterocycles. The van der Waals surface area contributed by atoms with Gasteiger partial charge in [-0.3, -0.25) is 0 Å². The molecule has 0 bridgehead atoms. The number of halogens is 6. The number of alkyl halides is 3. The third kappa shape index (κ3) is 9.45. The minimum absolute atomic E-state index is 0.380. The highest BCUT2D eigenvalue weighted by molar-refractivity contribution is 6.29. The van der Waals surface area contributed by atoms with Gasteiger partial charge in [-0.15, -0.1) is 10.2 Å². The zero-order valence-electron chi connectivity index (χ0n) is 20.9. The Morgan fingerprint density at radius 1 is 0.775 bits per heavy atom. The highest BCUT2D eigenvalue weighted by atomic mass is 127. The van der Waals surface area contributed by atoms with Crippen molar-refractivity contribution in [1.82, 2.24) is 20.4 Å². The number of hydrogen-bond donors (Lipinski definition) is 0. The first-order chi connectivity index (χ1) is 19.0. The minimum Gasteiger partial charge on any atom is -0.542 e. The molecule has 8 nitrogen and oxygen atoms in total. The molecule has 0 saturated carbocycles.